The Bertz CT molecular complexity index is 626. The lowest BCUT2D eigenvalue weighted by atomic mass is 10.1. The second kappa shape index (κ2) is 22.3. The van der Waals surface area contributed by atoms with Crippen molar-refractivity contribution in [2.75, 3.05) is 71.9 Å². The van der Waals surface area contributed by atoms with E-state index in [4.69, 9.17) is 14.2 Å². The molecule has 2 atom stereocenters. The average molecular weight is 575 g/mol. The summed E-state index contributed by atoms with van der Waals surface area (Å²) < 4.78 is 31.5. The normalized spacial score (nSPS) is 20.8. The van der Waals surface area contributed by atoms with Crippen molar-refractivity contribution in [2.45, 2.75) is 118 Å². The van der Waals surface area contributed by atoms with E-state index in [9.17, 15) is 9.46 Å². The van der Waals surface area contributed by atoms with Crippen LogP contribution in [0.5, 0.6) is 0 Å². The molecule has 2 heterocycles. The second-order valence-corrected chi connectivity index (χ2v) is 13.8. The fraction of sp³-hybridized carbons (Fsp3) is 0.935. The van der Waals surface area contributed by atoms with Crippen molar-refractivity contribution in [1.82, 2.24) is 4.67 Å². The van der Waals surface area contributed by atoms with E-state index in [1.807, 2.05) is 13.0 Å². The Morgan fingerprint density at radius 2 is 1.46 bits per heavy atom. The van der Waals surface area contributed by atoms with E-state index in [1.54, 1.807) is 4.67 Å². The van der Waals surface area contributed by atoms with Gasteiger partial charge in [0.1, 0.15) is 0 Å². The zero-order chi connectivity index (χ0) is 28.8. The van der Waals surface area contributed by atoms with Gasteiger partial charge in [-0.05, 0) is 58.3 Å². The molecule has 2 unspecified atom stereocenters. The molecule has 0 aromatic carbocycles. The molecule has 2 saturated heterocycles. The molecule has 0 aliphatic carbocycles. The Morgan fingerprint density at radius 3 is 1.92 bits per heavy atom. The zero-order valence-electron chi connectivity index (χ0n) is 26.3. The third-order valence-electron chi connectivity index (χ3n) is 8.00. The van der Waals surface area contributed by atoms with E-state index in [0.29, 0.717) is 39.3 Å². The van der Waals surface area contributed by atoms with Gasteiger partial charge in [0.25, 0.3) is 0 Å². The molecule has 0 bridgehead atoms. The quantitative estimate of drug-likeness (QED) is 0.0965. The molecule has 232 valence electrons. The summed E-state index contributed by atoms with van der Waals surface area (Å²) in [5.41, 5.74) is 1.04. The smallest absolute Gasteiger partial charge is 0.157 e. The molecule has 0 spiro atoms. The van der Waals surface area contributed by atoms with Gasteiger partial charge < -0.3 is 28.2 Å². The standard InChI is InChI=1S/C16H36N.C15H28NO5P/c1-5-9-13-17(14-10-6-2,15-11-7-3)16-12-8-4;1-14(5-10-21-15-4-2-3-9-20-15)6-13-22(17,18)16-7-11-19-12-8-16/h5-16H2,1-4H3;5,15H,2-4,6-13H2,1H3,(H,17,18)/q+1;/p-1/b;14-5-. The van der Waals surface area contributed by atoms with Gasteiger partial charge in [-0.1, -0.05) is 65.0 Å². The van der Waals surface area contributed by atoms with Crippen LogP contribution in [0.15, 0.2) is 11.6 Å². The first-order chi connectivity index (χ1) is 18.8. The van der Waals surface area contributed by atoms with E-state index in [-0.39, 0.29) is 12.5 Å². The van der Waals surface area contributed by atoms with Gasteiger partial charge in [-0.2, -0.15) is 0 Å². The molecular formula is C31H63N2O5P. The van der Waals surface area contributed by atoms with Crippen molar-refractivity contribution in [3.05, 3.63) is 11.6 Å². The predicted molar refractivity (Wildman–Crippen MR) is 162 cm³/mol. The largest absolute Gasteiger partial charge is 0.788 e. The molecule has 0 saturated carbocycles. The van der Waals surface area contributed by atoms with Gasteiger partial charge in [0.05, 0.1) is 53.5 Å². The summed E-state index contributed by atoms with van der Waals surface area (Å²) in [5, 5.41) is 0. The summed E-state index contributed by atoms with van der Waals surface area (Å²) in [6.07, 6.45) is 16.8. The number of hydrogen-bond donors (Lipinski definition) is 0. The van der Waals surface area contributed by atoms with Crippen LogP contribution < -0.4 is 4.89 Å². The average Bonchev–Trinajstić information content (AvgIpc) is 2.97. The highest BCUT2D eigenvalue weighted by Gasteiger charge is 2.25. The Kier molecular flexibility index (Phi) is 21.1. The first-order valence-electron chi connectivity index (χ1n) is 16.2. The van der Waals surface area contributed by atoms with E-state index < -0.39 is 7.52 Å². The Morgan fingerprint density at radius 1 is 0.923 bits per heavy atom. The van der Waals surface area contributed by atoms with Gasteiger partial charge in [0, 0.05) is 25.9 Å². The number of rotatable bonds is 19. The van der Waals surface area contributed by atoms with Crippen LogP contribution in [0.3, 0.4) is 0 Å². The summed E-state index contributed by atoms with van der Waals surface area (Å²) in [5.74, 6) is 0. The van der Waals surface area contributed by atoms with Crippen molar-refractivity contribution in [1.29, 1.82) is 0 Å². The van der Waals surface area contributed by atoms with Crippen LogP contribution in [-0.4, -0.2) is 87.3 Å². The van der Waals surface area contributed by atoms with Crippen LogP contribution >= 0.6 is 7.52 Å². The molecule has 2 fully saturated rings. The summed E-state index contributed by atoms with van der Waals surface area (Å²) >= 11 is 0. The zero-order valence-corrected chi connectivity index (χ0v) is 27.2. The number of morpholine rings is 1. The van der Waals surface area contributed by atoms with Crippen LogP contribution in [0.25, 0.3) is 0 Å². The van der Waals surface area contributed by atoms with Crippen LogP contribution in [0, 0.1) is 0 Å². The molecule has 7 nitrogen and oxygen atoms in total. The molecule has 0 radical (unpaired) electrons. The summed E-state index contributed by atoms with van der Waals surface area (Å²) in [6, 6.07) is 0. The molecule has 2 aliphatic heterocycles. The minimum atomic E-state index is -3.48. The minimum absolute atomic E-state index is 0.100. The lowest BCUT2D eigenvalue weighted by molar-refractivity contribution is -0.929. The Balaban J connectivity index is 0.000000406. The van der Waals surface area contributed by atoms with E-state index in [1.165, 1.54) is 82.0 Å². The molecule has 2 rings (SSSR count). The van der Waals surface area contributed by atoms with Crippen LogP contribution in [0.2, 0.25) is 0 Å². The number of hydrogen-bond acceptors (Lipinski definition) is 5. The van der Waals surface area contributed by atoms with Gasteiger partial charge in [0.15, 0.2) is 6.29 Å². The first kappa shape index (κ1) is 36.8. The fourth-order valence-electron chi connectivity index (χ4n) is 5.20. The molecule has 0 aromatic rings. The summed E-state index contributed by atoms with van der Waals surface area (Å²) in [7, 11) is -3.48. The minimum Gasteiger partial charge on any atom is -0.788 e. The first-order valence-corrected chi connectivity index (χ1v) is 18.0. The monoisotopic (exact) mass is 574 g/mol. The van der Waals surface area contributed by atoms with Crippen LogP contribution in [-0.2, 0) is 18.8 Å². The highest BCUT2D eigenvalue weighted by Crippen LogP contribution is 2.42. The summed E-state index contributed by atoms with van der Waals surface area (Å²) in [4.78, 5) is 12.2. The Labute approximate surface area is 241 Å². The highest BCUT2D eigenvalue weighted by molar-refractivity contribution is 7.54. The molecule has 8 heteroatoms. The molecule has 0 amide bonds. The number of unbranched alkanes of at least 4 members (excludes halogenated alkanes) is 4. The molecular weight excluding hydrogens is 511 g/mol. The summed E-state index contributed by atoms with van der Waals surface area (Å²) in [6.45, 7) is 20.2. The van der Waals surface area contributed by atoms with Crippen LogP contribution in [0.4, 0.5) is 0 Å². The Hall–Kier alpha value is -0.270. The number of nitrogens with zero attached hydrogens (tertiary/aromatic N) is 2. The topological polar surface area (TPSA) is 71.1 Å². The third-order valence-corrected chi connectivity index (χ3v) is 10.1. The van der Waals surface area contributed by atoms with E-state index in [0.717, 1.165) is 31.4 Å². The SMILES string of the molecule is C/C(=C/COC1CCCCO1)CCP(=O)([O-])N1CCOCC1.CCCC[N+](CCCC)(CCCC)CCCC. The maximum Gasteiger partial charge on any atom is 0.157 e. The van der Waals surface area contributed by atoms with E-state index in [2.05, 4.69) is 27.7 Å². The van der Waals surface area contributed by atoms with Crippen molar-refractivity contribution >= 4 is 7.52 Å². The van der Waals surface area contributed by atoms with E-state index >= 15 is 0 Å². The van der Waals surface area contributed by atoms with Gasteiger partial charge in [-0.15, -0.1) is 0 Å². The van der Waals surface area contributed by atoms with Gasteiger partial charge >= 0.3 is 0 Å². The van der Waals surface area contributed by atoms with Gasteiger partial charge in [0.2, 0.25) is 0 Å². The lowest BCUT2D eigenvalue weighted by Crippen LogP contribution is -2.50. The van der Waals surface area contributed by atoms with Crippen molar-refractivity contribution < 1.29 is 28.2 Å². The lowest BCUT2D eigenvalue weighted by Gasteiger charge is -2.39. The van der Waals surface area contributed by atoms with Crippen molar-refractivity contribution in [3.8, 4) is 0 Å². The van der Waals surface area contributed by atoms with Crippen molar-refractivity contribution in [2.24, 2.45) is 0 Å². The van der Waals surface area contributed by atoms with Gasteiger partial charge in [-0.3, -0.25) is 4.67 Å². The molecule has 0 aromatic heterocycles. The predicted octanol–water partition coefficient (Wildman–Crippen LogP) is 6.76. The molecule has 2 aliphatic rings. The van der Waals surface area contributed by atoms with Crippen molar-refractivity contribution in [3.63, 3.8) is 0 Å². The number of allylic oxidation sites excluding steroid dienone is 1. The number of quaternary nitrogens is 1. The maximum atomic E-state index is 12.2. The van der Waals surface area contributed by atoms with Gasteiger partial charge in [-0.25, -0.2) is 0 Å². The maximum absolute atomic E-state index is 12.2. The third kappa shape index (κ3) is 16.7. The molecule has 0 N–H and O–H groups in total. The van der Waals surface area contributed by atoms with Crippen LogP contribution in [0.1, 0.15) is 112 Å². The second-order valence-electron chi connectivity index (χ2n) is 11.5. The fourth-order valence-corrected chi connectivity index (χ4v) is 6.90. The molecule has 39 heavy (non-hydrogen) atoms. The highest BCUT2D eigenvalue weighted by atomic mass is 31.2. The number of ether oxygens (including phenoxy) is 3.